The summed E-state index contributed by atoms with van der Waals surface area (Å²) >= 11 is 0. The number of anilines is 1. The van der Waals surface area contributed by atoms with E-state index in [0.29, 0.717) is 0 Å². The predicted octanol–water partition coefficient (Wildman–Crippen LogP) is 5.24. The maximum atomic E-state index is 4.76. The van der Waals surface area contributed by atoms with E-state index in [0.717, 1.165) is 54.1 Å². The normalized spacial score (nSPS) is 14.3. The molecule has 1 N–H and O–H groups in total. The first-order valence-corrected chi connectivity index (χ1v) is 11.6. The molecule has 0 spiro atoms. The Morgan fingerprint density at radius 3 is 2.48 bits per heavy atom. The van der Waals surface area contributed by atoms with Gasteiger partial charge in [-0.2, -0.15) is 0 Å². The zero-order valence-corrected chi connectivity index (χ0v) is 19.0. The lowest BCUT2D eigenvalue weighted by Crippen LogP contribution is -2.43. The molecule has 164 valence electrons. The molecule has 0 aliphatic carbocycles. The van der Waals surface area contributed by atoms with Crippen LogP contribution in [0.25, 0.3) is 38.9 Å². The summed E-state index contributed by atoms with van der Waals surface area (Å²) in [6.45, 7) is 8.39. The zero-order chi connectivity index (χ0) is 22.4. The van der Waals surface area contributed by atoms with E-state index in [2.05, 4.69) is 88.4 Å². The third kappa shape index (κ3) is 3.64. The third-order valence-corrected chi connectivity index (χ3v) is 6.56. The molecule has 0 saturated carbocycles. The van der Waals surface area contributed by atoms with E-state index < -0.39 is 0 Å². The fraction of sp³-hybridized carbons (Fsp3) is 0.214. The van der Waals surface area contributed by atoms with E-state index in [1.807, 2.05) is 13.1 Å². The number of aromatic nitrogens is 3. The number of rotatable bonds is 3. The van der Waals surface area contributed by atoms with Crippen molar-refractivity contribution in [2.75, 3.05) is 31.1 Å². The molecule has 0 atom stereocenters. The number of nitrogens with zero attached hydrogens (tertiary/aromatic N) is 4. The van der Waals surface area contributed by atoms with Crippen LogP contribution in [0.3, 0.4) is 0 Å². The smallest absolute Gasteiger partial charge is 0.137 e. The van der Waals surface area contributed by atoms with Crippen molar-refractivity contribution in [1.82, 2.24) is 19.7 Å². The van der Waals surface area contributed by atoms with Crippen molar-refractivity contribution in [3.05, 3.63) is 84.3 Å². The van der Waals surface area contributed by atoms with Crippen LogP contribution in [-0.4, -0.2) is 40.5 Å². The van der Waals surface area contributed by atoms with E-state index in [4.69, 9.17) is 9.97 Å². The van der Waals surface area contributed by atoms with Crippen molar-refractivity contribution in [3.63, 3.8) is 0 Å². The fourth-order valence-corrected chi connectivity index (χ4v) is 4.83. The topological polar surface area (TPSA) is 45.5 Å². The first kappa shape index (κ1) is 19.9. The molecule has 3 aromatic heterocycles. The molecule has 5 heteroatoms. The molecule has 6 rings (SSSR count). The maximum Gasteiger partial charge on any atom is 0.137 e. The molecule has 33 heavy (non-hydrogen) atoms. The number of fused-ring (bicyclic) bond motifs is 2. The molecule has 5 aromatic rings. The van der Waals surface area contributed by atoms with Gasteiger partial charge < -0.3 is 10.2 Å². The second-order valence-electron chi connectivity index (χ2n) is 8.90. The number of hydrogen-bond donors (Lipinski definition) is 1. The Kier molecular flexibility index (Phi) is 4.84. The molecule has 1 aliphatic rings. The van der Waals surface area contributed by atoms with Crippen molar-refractivity contribution >= 4 is 22.2 Å². The third-order valence-electron chi connectivity index (χ3n) is 6.56. The lowest BCUT2D eigenvalue weighted by atomic mass is 10.0. The quantitative estimate of drug-likeness (QED) is 0.423. The fourth-order valence-electron chi connectivity index (χ4n) is 4.83. The molecule has 0 bridgehead atoms. The summed E-state index contributed by atoms with van der Waals surface area (Å²) in [6.07, 6.45) is 4.11. The van der Waals surface area contributed by atoms with Gasteiger partial charge in [-0.3, -0.25) is 9.38 Å². The number of pyridine rings is 2. The van der Waals surface area contributed by atoms with Crippen molar-refractivity contribution in [1.29, 1.82) is 0 Å². The van der Waals surface area contributed by atoms with Gasteiger partial charge in [0.2, 0.25) is 0 Å². The van der Waals surface area contributed by atoms with E-state index in [1.54, 1.807) is 0 Å². The summed E-state index contributed by atoms with van der Waals surface area (Å²) in [7, 11) is 0. The molecule has 1 aliphatic heterocycles. The van der Waals surface area contributed by atoms with Gasteiger partial charge in [0.25, 0.3) is 0 Å². The Morgan fingerprint density at radius 2 is 1.67 bits per heavy atom. The Morgan fingerprint density at radius 1 is 0.848 bits per heavy atom. The van der Waals surface area contributed by atoms with Crippen LogP contribution < -0.4 is 10.2 Å². The summed E-state index contributed by atoms with van der Waals surface area (Å²) in [5.41, 5.74) is 10.1. The Labute approximate surface area is 193 Å². The van der Waals surface area contributed by atoms with Crippen molar-refractivity contribution in [2.24, 2.45) is 0 Å². The number of nitrogens with one attached hydrogen (secondary N) is 1. The number of imidazole rings is 1. The van der Waals surface area contributed by atoms with E-state index in [-0.39, 0.29) is 0 Å². The highest BCUT2D eigenvalue weighted by Crippen LogP contribution is 2.31. The average molecular weight is 434 g/mol. The van der Waals surface area contributed by atoms with Gasteiger partial charge in [-0.25, -0.2) is 4.98 Å². The highest BCUT2D eigenvalue weighted by molar-refractivity contribution is 5.94. The monoisotopic (exact) mass is 433 g/mol. The molecule has 1 saturated heterocycles. The maximum absolute atomic E-state index is 4.76. The molecule has 0 radical (unpaired) electrons. The molecule has 2 aromatic carbocycles. The summed E-state index contributed by atoms with van der Waals surface area (Å²) in [6, 6.07) is 21.8. The molecule has 0 amide bonds. The lowest BCUT2D eigenvalue weighted by molar-refractivity contribution is 0.589. The molecule has 5 nitrogen and oxygen atoms in total. The second kappa shape index (κ2) is 8.01. The minimum Gasteiger partial charge on any atom is -0.369 e. The highest BCUT2D eigenvalue weighted by atomic mass is 15.2. The van der Waals surface area contributed by atoms with Crippen LogP contribution in [-0.2, 0) is 0 Å². The first-order chi connectivity index (χ1) is 16.2. The standard InChI is InChI=1S/C28H27N5/c1-19-3-8-26-24(15-19)25(16-20(2)31-26)27-18-30-28-17-22(9-12-33(27)28)21-4-6-23(7-5-21)32-13-10-29-11-14-32/h3-9,12,15-18,29H,10-11,13-14H2,1-2H3. The SMILES string of the molecule is Cc1ccc2nc(C)cc(-c3cnc4cc(-c5ccc(N6CCNCC6)cc5)ccn34)c2c1. The average Bonchev–Trinajstić information content (AvgIpc) is 3.28. The van der Waals surface area contributed by atoms with Gasteiger partial charge in [-0.05, 0) is 67.4 Å². The number of benzene rings is 2. The number of piperazine rings is 1. The molecule has 1 fully saturated rings. The van der Waals surface area contributed by atoms with Crippen molar-refractivity contribution in [3.8, 4) is 22.4 Å². The van der Waals surface area contributed by atoms with Gasteiger partial charge in [-0.15, -0.1) is 0 Å². The highest BCUT2D eigenvalue weighted by Gasteiger charge is 2.13. The minimum absolute atomic E-state index is 0.948. The molecular weight excluding hydrogens is 406 g/mol. The van der Waals surface area contributed by atoms with E-state index in [1.165, 1.54) is 27.9 Å². The first-order valence-electron chi connectivity index (χ1n) is 11.6. The van der Waals surface area contributed by atoms with Gasteiger partial charge in [-0.1, -0.05) is 23.8 Å². The minimum atomic E-state index is 0.948. The van der Waals surface area contributed by atoms with Crippen LogP contribution >= 0.6 is 0 Å². The Bertz CT molecular complexity index is 1460. The van der Waals surface area contributed by atoms with Gasteiger partial charge in [0.05, 0.1) is 17.4 Å². The van der Waals surface area contributed by atoms with Crippen molar-refractivity contribution < 1.29 is 0 Å². The van der Waals surface area contributed by atoms with Crippen LogP contribution in [0.2, 0.25) is 0 Å². The Hall–Kier alpha value is -3.70. The van der Waals surface area contributed by atoms with Crippen LogP contribution in [0, 0.1) is 13.8 Å². The van der Waals surface area contributed by atoms with Crippen LogP contribution in [0.15, 0.2) is 73.1 Å². The van der Waals surface area contributed by atoms with E-state index in [9.17, 15) is 0 Å². The zero-order valence-electron chi connectivity index (χ0n) is 19.0. The van der Waals surface area contributed by atoms with Crippen molar-refractivity contribution in [2.45, 2.75) is 13.8 Å². The van der Waals surface area contributed by atoms with Gasteiger partial charge in [0.15, 0.2) is 0 Å². The molecule has 0 unspecified atom stereocenters. The Balaban J connectivity index is 1.38. The summed E-state index contributed by atoms with van der Waals surface area (Å²) < 4.78 is 2.18. The summed E-state index contributed by atoms with van der Waals surface area (Å²) in [5, 5.41) is 4.58. The second-order valence-corrected chi connectivity index (χ2v) is 8.90. The lowest BCUT2D eigenvalue weighted by Gasteiger charge is -2.29. The van der Waals surface area contributed by atoms with E-state index >= 15 is 0 Å². The van der Waals surface area contributed by atoms with Crippen LogP contribution in [0.5, 0.6) is 0 Å². The van der Waals surface area contributed by atoms with Gasteiger partial charge in [0, 0.05) is 54.7 Å². The van der Waals surface area contributed by atoms with Crippen LogP contribution in [0.1, 0.15) is 11.3 Å². The van der Waals surface area contributed by atoms with Crippen LogP contribution in [0.4, 0.5) is 5.69 Å². The number of aryl methyl sites for hydroxylation is 2. The molecule has 4 heterocycles. The van der Waals surface area contributed by atoms with Gasteiger partial charge in [0.1, 0.15) is 5.65 Å². The summed E-state index contributed by atoms with van der Waals surface area (Å²) in [5.74, 6) is 0. The number of hydrogen-bond acceptors (Lipinski definition) is 4. The summed E-state index contributed by atoms with van der Waals surface area (Å²) in [4.78, 5) is 11.9. The van der Waals surface area contributed by atoms with Gasteiger partial charge >= 0.3 is 0 Å². The largest absolute Gasteiger partial charge is 0.369 e. The molecular formula is C28H27N5. The predicted molar refractivity (Wildman–Crippen MR) is 136 cm³/mol.